The summed E-state index contributed by atoms with van der Waals surface area (Å²) in [7, 11) is 0. The van der Waals surface area contributed by atoms with E-state index in [9.17, 15) is 9.59 Å². The number of nitrogens with two attached hydrogens (primary N) is 1. The third-order valence-corrected chi connectivity index (χ3v) is 4.00. The van der Waals surface area contributed by atoms with Crippen LogP contribution in [0.2, 0.25) is 0 Å². The Bertz CT molecular complexity index is 368. The third-order valence-electron chi connectivity index (χ3n) is 3.45. The highest BCUT2D eigenvalue weighted by Gasteiger charge is 2.30. The van der Waals surface area contributed by atoms with Crippen molar-refractivity contribution >= 4 is 29.0 Å². The number of hydrogen-bond donors (Lipinski definition) is 2. The first-order valence-electron chi connectivity index (χ1n) is 6.11. The van der Waals surface area contributed by atoms with E-state index in [-0.39, 0.29) is 29.8 Å². The smallest absolute Gasteiger partial charge is 0.243 e. The lowest BCUT2D eigenvalue weighted by atomic mass is 9.87. The SMILES string of the molecule is CC1C(=O)NC(=O)CN1CCCC(C)(C)C(N)=S. The van der Waals surface area contributed by atoms with Gasteiger partial charge in [0.15, 0.2) is 0 Å². The molecule has 0 spiro atoms. The molecule has 2 amide bonds. The molecule has 1 aliphatic rings. The predicted molar refractivity (Wildman–Crippen MR) is 74.0 cm³/mol. The van der Waals surface area contributed by atoms with E-state index in [1.54, 1.807) is 6.92 Å². The average Bonchev–Trinajstić information content (AvgIpc) is 2.24. The van der Waals surface area contributed by atoms with Crippen LogP contribution in [0, 0.1) is 5.41 Å². The number of nitrogens with one attached hydrogen (secondary N) is 1. The second kappa shape index (κ2) is 5.75. The van der Waals surface area contributed by atoms with Crippen molar-refractivity contribution in [2.24, 2.45) is 11.1 Å². The molecule has 6 heteroatoms. The zero-order valence-corrected chi connectivity index (χ0v) is 12.0. The maximum absolute atomic E-state index is 11.5. The van der Waals surface area contributed by atoms with Gasteiger partial charge in [-0.2, -0.15) is 0 Å². The molecule has 102 valence electrons. The summed E-state index contributed by atoms with van der Waals surface area (Å²) in [5, 5.41) is 2.32. The van der Waals surface area contributed by atoms with Crippen LogP contribution in [0.25, 0.3) is 0 Å². The molecule has 1 rings (SSSR count). The average molecular weight is 271 g/mol. The Hall–Kier alpha value is -1.01. The number of imide groups is 1. The van der Waals surface area contributed by atoms with E-state index in [1.165, 1.54) is 0 Å². The number of thiocarbonyl (C=S) groups is 1. The van der Waals surface area contributed by atoms with Gasteiger partial charge in [0.05, 0.1) is 17.6 Å². The highest BCUT2D eigenvalue weighted by atomic mass is 32.1. The lowest BCUT2D eigenvalue weighted by molar-refractivity contribution is -0.139. The molecule has 1 fully saturated rings. The van der Waals surface area contributed by atoms with Crippen molar-refractivity contribution in [3.8, 4) is 0 Å². The molecule has 3 N–H and O–H groups in total. The van der Waals surface area contributed by atoms with Crippen LogP contribution in [-0.4, -0.2) is 40.8 Å². The Morgan fingerprint density at radius 3 is 2.72 bits per heavy atom. The molecular formula is C12H21N3O2S. The summed E-state index contributed by atoms with van der Waals surface area (Å²) in [6.45, 7) is 6.80. The van der Waals surface area contributed by atoms with Gasteiger partial charge in [0.2, 0.25) is 11.8 Å². The van der Waals surface area contributed by atoms with Gasteiger partial charge in [-0.05, 0) is 26.3 Å². The summed E-state index contributed by atoms with van der Waals surface area (Å²) in [4.78, 5) is 25.1. The molecule has 0 bridgehead atoms. The number of carbonyl (C=O) groups is 2. The molecule has 1 heterocycles. The van der Waals surface area contributed by atoms with Crippen LogP contribution >= 0.6 is 12.2 Å². The fraction of sp³-hybridized carbons (Fsp3) is 0.750. The van der Waals surface area contributed by atoms with E-state index >= 15 is 0 Å². The molecule has 18 heavy (non-hydrogen) atoms. The molecule has 0 aromatic carbocycles. The van der Waals surface area contributed by atoms with Gasteiger partial charge in [0, 0.05) is 5.41 Å². The summed E-state index contributed by atoms with van der Waals surface area (Å²) in [5.74, 6) is -0.452. The Morgan fingerprint density at radius 2 is 2.17 bits per heavy atom. The van der Waals surface area contributed by atoms with Crippen molar-refractivity contribution in [2.75, 3.05) is 13.1 Å². The highest BCUT2D eigenvalue weighted by molar-refractivity contribution is 7.80. The standard InChI is InChI=1S/C12H21N3O2S/c1-8-10(17)14-9(16)7-15(8)6-4-5-12(2,3)11(13)18/h8H,4-7H2,1-3H3,(H2,13,18)(H,14,16,17). The van der Waals surface area contributed by atoms with Gasteiger partial charge in [0.25, 0.3) is 0 Å². The van der Waals surface area contributed by atoms with Crippen molar-refractivity contribution in [3.05, 3.63) is 0 Å². The van der Waals surface area contributed by atoms with Crippen LogP contribution < -0.4 is 11.1 Å². The minimum atomic E-state index is -0.254. The zero-order chi connectivity index (χ0) is 13.9. The maximum Gasteiger partial charge on any atom is 0.243 e. The van der Waals surface area contributed by atoms with Crippen LogP contribution in [0.3, 0.4) is 0 Å². The van der Waals surface area contributed by atoms with Crippen molar-refractivity contribution < 1.29 is 9.59 Å². The fourth-order valence-corrected chi connectivity index (χ4v) is 1.99. The van der Waals surface area contributed by atoms with E-state index in [0.29, 0.717) is 11.5 Å². The van der Waals surface area contributed by atoms with Crippen molar-refractivity contribution in [2.45, 2.75) is 39.7 Å². The Balaban J connectivity index is 2.46. The topological polar surface area (TPSA) is 75.4 Å². The summed E-state index contributed by atoms with van der Waals surface area (Å²) >= 11 is 5.01. The van der Waals surface area contributed by atoms with Crippen molar-refractivity contribution in [1.82, 2.24) is 10.2 Å². The molecule has 0 aromatic rings. The normalized spacial score (nSPS) is 21.8. The van der Waals surface area contributed by atoms with E-state index in [4.69, 9.17) is 18.0 Å². The summed E-state index contributed by atoms with van der Waals surface area (Å²) < 4.78 is 0. The Labute approximate surface area is 113 Å². The van der Waals surface area contributed by atoms with Crippen LogP contribution in [0.15, 0.2) is 0 Å². The van der Waals surface area contributed by atoms with E-state index in [0.717, 1.165) is 12.8 Å². The molecule has 0 radical (unpaired) electrons. The molecule has 1 saturated heterocycles. The van der Waals surface area contributed by atoms with Gasteiger partial charge in [-0.3, -0.25) is 19.8 Å². The zero-order valence-electron chi connectivity index (χ0n) is 11.2. The minimum Gasteiger partial charge on any atom is -0.393 e. The fourth-order valence-electron chi connectivity index (χ4n) is 1.89. The molecule has 0 aliphatic carbocycles. The molecule has 0 aromatic heterocycles. The van der Waals surface area contributed by atoms with Gasteiger partial charge >= 0.3 is 0 Å². The predicted octanol–water partition coefficient (Wildman–Crippen LogP) is 0.426. The molecule has 5 nitrogen and oxygen atoms in total. The number of carbonyl (C=O) groups excluding carboxylic acids is 2. The van der Waals surface area contributed by atoms with Crippen LogP contribution in [0.4, 0.5) is 0 Å². The summed E-state index contributed by atoms with van der Waals surface area (Å²) in [5.41, 5.74) is 5.48. The summed E-state index contributed by atoms with van der Waals surface area (Å²) in [6.07, 6.45) is 1.70. The second-order valence-electron chi connectivity index (χ2n) is 5.41. The van der Waals surface area contributed by atoms with E-state index in [2.05, 4.69) is 5.32 Å². The molecule has 1 atom stereocenters. The lowest BCUT2D eigenvalue weighted by Crippen LogP contribution is -2.57. The number of amides is 2. The van der Waals surface area contributed by atoms with Crippen LogP contribution in [0.1, 0.15) is 33.6 Å². The first kappa shape index (κ1) is 15.0. The van der Waals surface area contributed by atoms with Gasteiger partial charge < -0.3 is 5.73 Å². The lowest BCUT2D eigenvalue weighted by Gasteiger charge is -2.32. The molecule has 1 aliphatic heterocycles. The number of rotatable bonds is 5. The molecular weight excluding hydrogens is 250 g/mol. The number of hydrogen-bond acceptors (Lipinski definition) is 4. The quantitative estimate of drug-likeness (QED) is 0.560. The second-order valence-corrected chi connectivity index (χ2v) is 5.85. The van der Waals surface area contributed by atoms with Crippen LogP contribution in [0.5, 0.6) is 0 Å². The molecule has 0 saturated carbocycles. The number of nitrogens with zero attached hydrogens (tertiary/aromatic N) is 1. The van der Waals surface area contributed by atoms with E-state index < -0.39 is 0 Å². The van der Waals surface area contributed by atoms with Crippen molar-refractivity contribution in [1.29, 1.82) is 0 Å². The van der Waals surface area contributed by atoms with Gasteiger partial charge in [0.1, 0.15) is 0 Å². The minimum absolute atomic E-state index is 0.180. The first-order chi connectivity index (χ1) is 8.24. The maximum atomic E-state index is 11.5. The first-order valence-corrected chi connectivity index (χ1v) is 6.52. The van der Waals surface area contributed by atoms with Gasteiger partial charge in [-0.15, -0.1) is 0 Å². The van der Waals surface area contributed by atoms with E-state index in [1.807, 2.05) is 18.7 Å². The van der Waals surface area contributed by atoms with Crippen LogP contribution in [-0.2, 0) is 9.59 Å². The van der Waals surface area contributed by atoms with Gasteiger partial charge in [-0.1, -0.05) is 26.1 Å². The number of piperazine rings is 1. The van der Waals surface area contributed by atoms with Crippen molar-refractivity contribution in [3.63, 3.8) is 0 Å². The molecule has 1 unspecified atom stereocenters. The van der Waals surface area contributed by atoms with Gasteiger partial charge in [-0.25, -0.2) is 0 Å². The third kappa shape index (κ3) is 3.74. The Kier molecular flexibility index (Phi) is 4.81. The highest BCUT2D eigenvalue weighted by Crippen LogP contribution is 2.23. The Morgan fingerprint density at radius 1 is 1.56 bits per heavy atom. The largest absolute Gasteiger partial charge is 0.393 e. The summed E-state index contributed by atoms with van der Waals surface area (Å²) in [6, 6.07) is -0.254. The monoisotopic (exact) mass is 271 g/mol.